The summed E-state index contributed by atoms with van der Waals surface area (Å²) in [5.74, 6) is 2.20. The summed E-state index contributed by atoms with van der Waals surface area (Å²) in [5.41, 5.74) is 0. The first kappa shape index (κ1) is 15.0. The second-order valence-corrected chi connectivity index (χ2v) is 5.24. The lowest BCUT2D eigenvalue weighted by molar-refractivity contribution is -0.130. The van der Waals surface area contributed by atoms with Gasteiger partial charge in [-0.15, -0.1) is 11.6 Å². The largest absolute Gasteiger partial charge is 0.485 e. The van der Waals surface area contributed by atoms with Crippen LogP contribution in [0.5, 0.6) is 11.5 Å². The van der Waals surface area contributed by atoms with Crippen LogP contribution >= 0.6 is 11.6 Å². The van der Waals surface area contributed by atoms with Gasteiger partial charge < -0.3 is 14.8 Å². The van der Waals surface area contributed by atoms with Gasteiger partial charge in [0.1, 0.15) is 6.61 Å². The second kappa shape index (κ2) is 7.39. The van der Waals surface area contributed by atoms with Crippen molar-refractivity contribution >= 4 is 17.5 Å². The number of ether oxygens (including phenoxy) is 2. The van der Waals surface area contributed by atoms with Gasteiger partial charge in [-0.25, -0.2) is 0 Å². The molecule has 0 radical (unpaired) electrons. The van der Waals surface area contributed by atoms with Crippen LogP contribution in [-0.4, -0.2) is 31.0 Å². The molecule has 0 saturated heterocycles. The van der Waals surface area contributed by atoms with Crippen molar-refractivity contribution in [3.05, 3.63) is 24.3 Å². The number of alkyl halides is 1. The Morgan fingerprint density at radius 2 is 2.20 bits per heavy atom. The molecule has 2 atom stereocenters. The first-order valence-electron chi connectivity index (χ1n) is 6.96. The molecular weight excluding hydrogens is 278 g/mol. The predicted molar refractivity (Wildman–Crippen MR) is 78.5 cm³/mol. The quantitative estimate of drug-likeness (QED) is 0.821. The maximum absolute atomic E-state index is 12.1. The molecule has 1 aliphatic heterocycles. The van der Waals surface area contributed by atoms with E-state index >= 15 is 0 Å². The van der Waals surface area contributed by atoms with Crippen LogP contribution in [-0.2, 0) is 4.79 Å². The molecule has 110 valence electrons. The summed E-state index contributed by atoms with van der Waals surface area (Å²) in [6.45, 7) is 2.97. The number of carbonyl (C=O) groups excluding carboxylic acids is 1. The summed E-state index contributed by atoms with van der Waals surface area (Å²) in [4.78, 5) is 12.1. The van der Waals surface area contributed by atoms with Gasteiger partial charge in [0.25, 0.3) is 5.91 Å². The summed E-state index contributed by atoms with van der Waals surface area (Å²) >= 11 is 5.74. The van der Waals surface area contributed by atoms with Crippen molar-refractivity contribution in [2.24, 2.45) is 5.92 Å². The van der Waals surface area contributed by atoms with Crippen molar-refractivity contribution < 1.29 is 14.3 Å². The van der Waals surface area contributed by atoms with Crippen LogP contribution < -0.4 is 14.8 Å². The van der Waals surface area contributed by atoms with E-state index in [0.717, 1.165) is 12.8 Å². The predicted octanol–water partition coefficient (Wildman–Crippen LogP) is 2.60. The first-order chi connectivity index (χ1) is 9.74. The van der Waals surface area contributed by atoms with Gasteiger partial charge in [-0.3, -0.25) is 4.79 Å². The number of fused-ring (bicyclic) bond motifs is 1. The Labute approximate surface area is 124 Å². The number of hydrogen-bond acceptors (Lipinski definition) is 3. The van der Waals surface area contributed by atoms with E-state index in [-0.39, 0.29) is 12.5 Å². The van der Waals surface area contributed by atoms with Crippen molar-refractivity contribution in [3.63, 3.8) is 0 Å². The zero-order chi connectivity index (χ0) is 14.4. The molecule has 1 aromatic rings. The van der Waals surface area contributed by atoms with E-state index in [1.54, 1.807) is 6.07 Å². The fourth-order valence-corrected chi connectivity index (χ4v) is 2.42. The van der Waals surface area contributed by atoms with Crippen molar-refractivity contribution in [3.8, 4) is 11.5 Å². The third-order valence-corrected chi connectivity index (χ3v) is 3.68. The normalized spacial score (nSPS) is 18.4. The van der Waals surface area contributed by atoms with Gasteiger partial charge in [-0.2, -0.15) is 0 Å². The van der Waals surface area contributed by atoms with Gasteiger partial charge in [0, 0.05) is 12.4 Å². The minimum atomic E-state index is -0.585. The Morgan fingerprint density at radius 3 is 2.90 bits per heavy atom. The fourth-order valence-electron chi connectivity index (χ4n) is 2.11. The third kappa shape index (κ3) is 3.79. The molecule has 1 aromatic carbocycles. The van der Waals surface area contributed by atoms with Crippen molar-refractivity contribution in [2.75, 3.05) is 19.0 Å². The molecule has 1 amide bonds. The molecule has 0 aliphatic carbocycles. The van der Waals surface area contributed by atoms with E-state index in [1.165, 1.54) is 0 Å². The number of amides is 1. The third-order valence-electron chi connectivity index (χ3n) is 3.46. The Balaban J connectivity index is 1.85. The van der Waals surface area contributed by atoms with E-state index in [9.17, 15) is 4.79 Å². The number of rotatable bonds is 6. The Hall–Kier alpha value is -1.42. The first-order valence-corrected chi connectivity index (χ1v) is 7.50. The van der Waals surface area contributed by atoms with Crippen LogP contribution in [0.4, 0.5) is 0 Å². The number of para-hydroxylation sites is 2. The van der Waals surface area contributed by atoms with E-state index in [0.29, 0.717) is 29.8 Å². The zero-order valence-electron chi connectivity index (χ0n) is 11.6. The van der Waals surface area contributed by atoms with E-state index < -0.39 is 6.10 Å². The summed E-state index contributed by atoms with van der Waals surface area (Å²) < 4.78 is 11.2. The van der Waals surface area contributed by atoms with E-state index in [4.69, 9.17) is 21.1 Å². The summed E-state index contributed by atoms with van der Waals surface area (Å²) in [6, 6.07) is 7.37. The molecule has 1 aliphatic rings. The highest BCUT2D eigenvalue weighted by Gasteiger charge is 2.27. The highest BCUT2D eigenvalue weighted by molar-refractivity contribution is 6.17. The average molecular weight is 298 g/mol. The lowest BCUT2D eigenvalue weighted by Crippen LogP contribution is -2.45. The number of nitrogens with one attached hydrogen (secondary N) is 1. The number of benzene rings is 1. The standard InChI is InChI=1S/C15H20ClNO3/c1-2-11(7-8-16)9-17-15(18)14-10-19-12-5-3-4-6-13(12)20-14/h3-6,11,14H,2,7-10H2,1H3,(H,17,18). The van der Waals surface area contributed by atoms with Gasteiger partial charge in [0.2, 0.25) is 6.10 Å². The Bertz CT molecular complexity index is 452. The average Bonchev–Trinajstić information content (AvgIpc) is 2.50. The molecular formula is C15H20ClNO3. The van der Waals surface area contributed by atoms with Crippen molar-refractivity contribution in [2.45, 2.75) is 25.9 Å². The minimum absolute atomic E-state index is 0.132. The molecule has 2 unspecified atom stereocenters. The Morgan fingerprint density at radius 1 is 1.45 bits per heavy atom. The Kier molecular flexibility index (Phi) is 5.53. The molecule has 0 bridgehead atoms. The van der Waals surface area contributed by atoms with Crippen molar-refractivity contribution in [1.29, 1.82) is 0 Å². The van der Waals surface area contributed by atoms with Gasteiger partial charge in [0.05, 0.1) is 0 Å². The van der Waals surface area contributed by atoms with Crippen LogP contribution in [0.3, 0.4) is 0 Å². The summed E-state index contributed by atoms with van der Waals surface area (Å²) in [5, 5.41) is 2.92. The van der Waals surface area contributed by atoms with Crippen LogP contribution in [0.2, 0.25) is 0 Å². The fraction of sp³-hybridized carbons (Fsp3) is 0.533. The number of halogens is 1. The molecule has 1 N–H and O–H groups in total. The number of carbonyl (C=O) groups is 1. The lowest BCUT2D eigenvalue weighted by atomic mass is 10.0. The molecule has 1 heterocycles. The van der Waals surface area contributed by atoms with Crippen LogP contribution in [0, 0.1) is 5.92 Å². The van der Waals surface area contributed by atoms with Gasteiger partial charge in [-0.05, 0) is 24.5 Å². The molecule has 20 heavy (non-hydrogen) atoms. The van der Waals surface area contributed by atoms with Gasteiger partial charge in [-0.1, -0.05) is 25.5 Å². The second-order valence-electron chi connectivity index (χ2n) is 4.86. The maximum atomic E-state index is 12.1. The van der Waals surface area contributed by atoms with Crippen LogP contribution in [0.25, 0.3) is 0 Å². The number of hydrogen-bond donors (Lipinski definition) is 1. The van der Waals surface area contributed by atoms with Crippen LogP contribution in [0.1, 0.15) is 19.8 Å². The molecule has 0 aromatic heterocycles. The molecule has 5 heteroatoms. The molecule has 4 nitrogen and oxygen atoms in total. The van der Waals surface area contributed by atoms with E-state index in [2.05, 4.69) is 12.2 Å². The highest BCUT2D eigenvalue weighted by atomic mass is 35.5. The minimum Gasteiger partial charge on any atom is -0.485 e. The SMILES string of the molecule is CCC(CCCl)CNC(=O)C1COc2ccccc2O1. The maximum Gasteiger partial charge on any atom is 0.264 e. The lowest BCUT2D eigenvalue weighted by Gasteiger charge is -2.26. The monoisotopic (exact) mass is 297 g/mol. The molecule has 0 saturated carbocycles. The van der Waals surface area contributed by atoms with Gasteiger partial charge >= 0.3 is 0 Å². The topological polar surface area (TPSA) is 47.6 Å². The molecule has 0 spiro atoms. The summed E-state index contributed by atoms with van der Waals surface area (Å²) in [7, 11) is 0. The smallest absolute Gasteiger partial charge is 0.264 e. The highest BCUT2D eigenvalue weighted by Crippen LogP contribution is 2.30. The van der Waals surface area contributed by atoms with Crippen LogP contribution in [0.15, 0.2) is 24.3 Å². The van der Waals surface area contributed by atoms with E-state index in [1.807, 2.05) is 18.2 Å². The van der Waals surface area contributed by atoms with Crippen molar-refractivity contribution in [1.82, 2.24) is 5.32 Å². The zero-order valence-corrected chi connectivity index (χ0v) is 12.4. The van der Waals surface area contributed by atoms with Gasteiger partial charge in [0.15, 0.2) is 11.5 Å². The molecule has 0 fully saturated rings. The summed E-state index contributed by atoms with van der Waals surface area (Å²) in [6.07, 6.45) is 1.32. The molecule has 2 rings (SSSR count).